The molecule has 8 nitrogen and oxygen atoms in total. The van der Waals surface area contributed by atoms with E-state index in [1.54, 1.807) is 0 Å². The molecule has 3 aromatic carbocycles. The van der Waals surface area contributed by atoms with Crippen LogP contribution in [0.1, 0.15) is 51.9 Å². The molecular formula is C38H48N4O4S. The van der Waals surface area contributed by atoms with E-state index in [2.05, 4.69) is 24.1 Å². The molecule has 0 radical (unpaired) electrons. The number of ether oxygens (including phenoxy) is 2. The van der Waals surface area contributed by atoms with Gasteiger partial charge in [0.1, 0.15) is 29.7 Å². The number of amides is 2. The minimum absolute atomic E-state index is 0.00694. The van der Waals surface area contributed by atoms with Crippen LogP contribution in [0, 0.1) is 6.92 Å². The van der Waals surface area contributed by atoms with Crippen molar-refractivity contribution in [3.8, 4) is 17.2 Å². The molecule has 0 atom stereocenters. The van der Waals surface area contributed by atoms with E-state index >= 15 is 0 Å². The Morgan fingerprint density at radius 3 is 2.23 bits per heavy atom. The highest BCUT2D eigenvalue weighted by Gasteiger charge is 2.11. The number of hydrogen-bond donors (Lipinski definition) is 2. The molecule has 2 N–H and O–H groups in total. The molecule has 0 saturated heterocycles. The molecule has 0 unspecified atom stereocenters. The first-order valence-electron chi connectivity index (χ1n) is 15.9. The first kappa shape index (κ1) is 38.4. The standard InChI is InChI=1S/C29H27N3O3.C5H9NOS.2C2H6/c1-20-8-12-23(13-9-20)34-19-28-31-26-17-16-25(18-27(26)32(28)2)35-24-14-10-22(11-15-24)30-29(33)21-6-4-3-5-7-21;1-3-6-5(7)4-8-2;2*1-2/h4,6-18H,3,5,19H2,1-2H3,(H,30,33);3H,1,4H2,2H3,(H,6,7);2*1-2H3. The SMILES string of the molecule is C=CNC(=O)CSC.CC.CC.Cc1ccc(OCc2nc3ccc(Oc4ccc(NC(=O)C5=CCCC=C5)cc4)cc3n2C)cc1. The minimum atomic E-state index is -0.0987. The number of imidazole rings is 1. The van der Waals surface area contributed by atoms with Crippen LogP contribution >= 0.6 is 11.8 Å². The Hall–Kier alpha value is -4.76. The van der Waals surface area contributed by atoms with E-state index in [-0.39, 0.29) is 11.8 Å². The summed E-state index contributed by atoms with van der Waals surface area (Å²) in [6.07, 6.45) is 11.0. The average Bonchev–Trinajstić information content (AvgIpc) is 3.42. The number of rotatable bonds is 10. The van der Waals surface area contributed by atoms with E-state index in [0.29, 0.717) is 29.4 Å². The number of carbonyl (C=O) groups excluding carboxylic acids is 2. The van der Waals surface area contributed by atoms with Gasteiger partial charge in [0, 0.05) is 24.4 Å². The molecule has 250 valence electrons. The number of anilines is 1. The second-order valence-electron chi connectivity index (χ2n) is 9.76. The molecule has 9 heteroatoms. The smallest absolute Gasteiger partial charge is 0.255 e. The lowest BCUT2D eigenvalue weighted by molar-refractivity contribution is -0.117. The fourth-order valence-corrected chi connectivity index (χ4v) is 4.55. The van der Waals surface area contributed by atoms with Crippen molar-refractivity contribution in [2.75, 3.05) is 17.3 Å². The summed E-state index contributed by atoms with van der Waals surface area (Å²) < 4.78 is 14.0. The van der Waals surface area contributed by atoms with Crippen LogP contribution in [0.25, 0.3) is 11.0 Å². The summed E-state index contributed by atoms with van der Waals surface area (Å²) in [7, 11) is 1.97. The van der Waals surface area contributed by atoms with Crippen molar-refractivity contribution < 1.29 is 19.1 Å². The zero-order valence-electron chi connectivity index (χ0n) is 28.6. The predicted octanol–water partition coefficient (Wildman–Crippen LogP) is 9.13. The predicted molar refractivity (Wildman–Crippen MR) is 197 cm³/mol. The van der Waals surface area contributed by atoms with Gasteiger partial charge in [0.2, 0.25) is 5.91 Å². The molecule has 4 aromatic rings. The monoisotopic (exact) mass is 656 g/mol. The summed E-state index contributed by atoms with van der Waals surface area (Å²) in [6.45, 7) is 13.8. The lowest BCUT2D eigenvalue weighted by atomic mass is 10.1. The van der Waals surface area contributed by atoms with Crippen molar-refractivity contribution in [2.45, 2.75) is 54.1 Å². The highest BCUT2D eigenvalue weighted by molar-refractivity contribution is 7.99. The van der Waals surface area contributed by atoms with Gasteiger partial charge in [0.05, 0.1) is 16.8 Å². The Balaban J connectivity index is 0.000000556. The lowest BCUT2D eigenvalue weighted by Crippen LogP contribution is -2.18. The number of benzene rings is 3. The number of carbonyl (C=O) groups is 2. The molecule has 5 rings (SSSR count). The highest BCUT2D eigenvalue weighted by Crippen LogP contribution is 2.27. The Kier molecular flexibility index (Phi) is 17.3. The van der Waals surface area contributed by atoms with Crippen LogP contribution in [0.2, 0.25) is 0 Å². The van der Waals surface area contributed by atoms with Gasteiger partial charge in [-0.2, -0.15) is 11.8 Å². The number of thioether (sulfide) groups is 1. The number of aryl methyl sites for hydroxylation is 2. The number of fused-ring (bicyclic) bond motifs is 1. The maximum absolute atomic E-state index is 12.4. The zero-order chi connectivity index (χ0) is 34.6. The number of hydrogen-bond acceptors (Lipinski definition) is 6. The number of allylic oxidation sites excluding steroid dienone is 2. The van der Waals surface area contributed by atoms with Crippen LogP contribution in [-0.2, 0) is 23.2 Å². The molecular weight excluding hydrogens is 609 g/mol. The summed E-state index contributed by atoms with van der Waals surface area (Å²) >= 11 is 1.49. The van der Waals surface area contributed by atoms with Gasteiger partial charge >= 0.3 is 0 Å². The molecule has 0 fully saturated rings. The maximum Gasteiger partial charge on any atom is 0.255 e. The number of nitrogens with zero attached hydrogens (tertiary/aromatic N) is 2. The maximum atomic E-state index is 12.4. The summed E-state index contributed by atoms with van der Waals surface area (Å²) in [6, 6.07) is 21.2. The van der Waals surface area contributed by atoms with E-state index in [1.165, 1.54) is 23.5 Å². The van der Waals surface area contributed by atoms with Crippen LogP contribution in [0.4, 0.5) is 5.69 Å². The van der Waals surface area contributed by atoms with Crippen LogP contribution in [0.5, 0.6) is 17.2 Å². The molecule has 1 aromatic heterocycles. The van der Waals surface area contributed by atoms with E-state index < -0.39 is 0 Å². The second kappa shape index (κ2) is 21.1. The largest absolute Gasteiger partial charge is 0.486 e. The van der Waals surface area contributed by atoms with Gasteiger partial charge in [0.15, 0.2) is 0 Å². The zero-order valence-corrected chi connectivity index (χ0v) is 29.4. The fourth-order valence-electron chi connectivity index (χ4n) is 4.21. The third-order valence-corrected chi connectivity index (χ3v) is 7.03. The molecule has 0 saturated carbocycles. The van der Waals surface area contributed by atoms with Crippen molar-refractivity contribution >= 4 is 40.3 Å². The van der Waals surface area contributed by atoms with E-state index in [0.717, 1.165) is 41.1 Å². The van der Waals surface area contributed by atoms with Gasteiger partial charge in [-0.1, -0.05) is 70.2 Å². The number of aromatic nitrogens is 2. The van der Waals surface area contributed by atoms with Crippen LogP contribution in [0.3, 0.4) is 0 Å². The topological polar surface area (TPSA) is 94.5 Å². The van der Waals surface area contributed by atoms with E-state index in [9.17, 15) is 9.59 Å². The first-order chi connectivity index (χ1) is 22.9. The molecule has 0 spiro atoms. The van der Waals surface area contributed by atoms with E-state index in [1.807, 2.05) is 131 Å². The molecule has 47 heavy (non-hydrogen) atoms. The van der Waals surface area contributed by atoms with Crippen molar-refractivity contribution in [1.29, 1.82) is 0 Å². The molecule has 2 amide bonds. The van der Waals surface area contributed by atoms with Crippen LogP contribution in [-0.4, -0.2) is 33.4 Å². The molecule has 1 aliphatic rings. The van der Waals surface area contributed by atoms with Gasteiger partial charge in [0.25, 0.3) is 5.91 Å². The van der Waals surface area contributed by atoms with E-state index in [4.69, 9.17) is 14.5 Å². The molecule has 0 bridgehead atoms. The third kappa shape index (κ3) is 12.5. The lowest BCUT2D eigenvalue weighted by Gasteiger charge is -2.10. The van der Waals surface area contributed by atoms with Crippen molar-refractivity contribution in [2.24, 2.45) is 7.05 Å². The molecule has 1 aliphatic carbocycles. The minimum Gasteiger partial charge on any atom is -0.486 e. The van der Waals surface area contributed by atoms with Gasteiger partial charge in [-0.3, -0.25) is 9.59 Å². The molecule has 1 heterocycles. The fraction of sp³-hybridized carbons (Fsp3) is 0.289. The Bertz CT molecular complexity index is 1620. The summed E-state index contributed by atoms with van der Waals surface area (Å²) in [5.41, 5.74) is 4.46. The Morgan fingerprint density at radius 2 is 1.62 bits per heavy atom. The first-order valence-corrected chi connectivity index (χ1v) is 17.3. The van der Waals surface area contributed by atoms with Crippen molar-refractivity contribution in [3.63, 3.8) is 0 Å². The van der Waals surface area contributed by atoms with Gasteiger partial charge in [-0.05, 0) is 80.8 Å². The van der Waals surface area contributed by atoms with Crippen LogP contribution in [0.15, 0.2) is 103 Å². The Morgan fingerprint density at radius 1 is 0.957 bits per heavy atom. The number of nitrogens with one attached hydrogen (secondary N) is 2. The van der Waals surface area contributed by atoms with Gasteiger partial charge < -0.3 is 24.7 Å². The average molecular weight is 657 g/mol. The normalized spacial score (nSPS) is 11.3. The van der Waals surface area contributed by atoms with Gasteiger partial charge in [-0.15, -0.1) is 0 Å². The quantitative estimate of drug-likeness (QED) is 0.177. The summed E-state index contributed by atoms with van der Waals surface area (Å²) in [5, 5.41) is 5.38. The second-order valence-corrected chi connectivity index (χ2v) is 10.6. The van der Waals surface area contributed by atoms with Crippen LogP contribution < -0.4 is 20.1 Å². The van der Waals surface area contributed by atoms with Gasteiger partial charge in [-0.25, -0.2) is 4.98 Å². The highest BCUT2D eigenvalue weighted by atomic mass is 32.2. The Labute approximate surface area is 284 Å². The summed E-state index contributed by atoms with van der Waals surface area (Å²) in [4.78, 5) is 27.5. The third-order valence-electron chi connectivity index (χ3n) is 6.48. The summed E-state index contributed by atoms with van der Waals surface area (Å²) in [5.74, 6) is 3.46. The van der Waals surface area contributed by atoms with Crippen molar-refractivity contribution in [1.82, 2.24) is 14.9 Å². The molecule has 0 aliphatic heterocycles. The van der Waals surface area contributed by atoms with Crippen molar-refractivity contribution in [3.05, 3.63) is 115 Å².